The molecule has 1 saturated heterocycles. The van der Waals surface area contributed by atoms with Crippen LogP contribution in [0.1, 0.15) is 30.9 Å². The molecule has 0 aliphatic carbocycles. The van der Waals surface area contributed by atoms with E-state index in [0.717, 1.165) is 12.3 Å². The summed E-state index contributed by atoms with van der Waals surface area (Å²) in [7, 11) is 6.04. The Kier molecular flexibility index (Phi) is 4.61. The zero-order valence-corrected chi connectivity index (χ0v) is 11.6. The van der Waals surface area contributed by atoms with E-state index in [1.807, 2.05) is 6.07 Å². The fraction of sp³-hybridized carbons (Fsp3) is 0.600. The number of likely N-dealkylation sites (N-methyl/N-ethyl adjacent to an activating group) is 1. The molecule has 0 radical (unpaired) electrons. The quantitative estimate of drug-likeness (QED) is 0.885. The zero-order chi connectivity index (χ0) is 13.0. The van der Waals surface area contributed by atoms with Crippen molar-refractivity contribution >= 4 is 0 Å². The first-order valence-electron chi connectivity index (χ1n) is 6.76. The average Bonchev–Trinajstić information content (AvgIpc) is 2.40. The van der Waals surface area contributed by atoms with Gasteiger partial charge in [-0.3, -0.25) is 0 Å². The highest BCUT2D eigenvalue weighted by Crippen LogP contribution is 2.32. The number of benzene rings is 1. The van der Waals surface area contributed by atoms with Crippen molar-refractivity contribution in [1.82, 2.24) is 10.2 Å². The molecule has 100 valence electrons. The standard InChI is InChI=1S/C15H24N2O/c1-17(2)15(13-9-6-7-11-16-13)12-8-4-5-10-14(12)18-3/h4-5,8,10,13,15-16H,6-7,9,11H2,1-3H3. The predicted molar refractivity (Wildman–Crippen MR) is 75.1 cm³/mol. The number of hydrogen-bond donors (Lipinski definition) is 1. The molecule has 18 heavy (non-hydrogen) atoms. The normalized spacial score (nSPS) is 21.9. The molecule has 1 aliphatic rings. The Balaban J connectivity index is 2.28. The van der Waals surface area contributed by atoms with Gasteiger partial charge in [-0.2, -0.15) is 0 Å². The number of nitrogens with one attached hydrogen (secondary N) is 1. The SMILES string of the molecule is COc1ccccc1C(C1CCCCN1)N(C)C. The lowest BCUT2D eigenvalue weighted by Gasteiger charge is -2.36. The number of nitrogens with zero attached hydrogens (tertiary/aromatic N) is 1. The van der Waals surface area contributed by atoms with Gasteiger partial charge in [0.2, 0.25) is 0 Å². The Hall–Kier alpha value is -1.06. The first-order chi connectivity index (χ1) is 8.74. The van der Waals surface area contributed by atoms with Crippen molar-refractivity contribution in [3.63, 3.8) is 0 Å². The van der Waals surface area contributed by atoms with E-state index in [1.165, 1.54) is 24.8 Å². The third-order valence-electron chi connectivity index (χ3n) is 3.74. The van der Waals surface area contributed by atoms with Crippen LogP contribution in [0.5, 0.6) is 5.75 Å². The van der Waals surface area contributed by atoms with E-state index >= 15 is 0 Å². The second-order valence-electron chi connectivity index (χ2n) is 5.21. The summed E-state index contributed by atoms with van der Waals surface area (Å²) < 4.78 is 5.51. The number of rotatable bonds is 4. The van der Waals surface area contributed by atoms with Crippen molar-refractivity contribution in [3.8, 4) is 5.75 Å². The molecule has 1 N–H and O–H groups in total. The second kappa shape index (κ2) is 6.21. The van der Waals surface area contributed by atoms with Gasteiger partial charge in [-0.05, 0) is 39.5 Å². The number of hydrogen-bond acceptors (Lipinski definition) is 3. The summed E-state index contributed by atoms with van der Waals surface area (Å²) in [5.41, 5.74) is 1.28. The maximum atomic E-state index is 5.51. The van der Waals surface area contributed by atoms with Gasteiger partial charge in [0.15, 0.2) is 0 Å². The van der Waals surface area contributed by atoms with Gasteiger partial charge in [-0.1, -0.05) is 24.6 Å². The Bertz CT molecular complexity index is 373. The highest BCUT2D eigenvalue weighted by Gasteiger charge is 2.28. The van der Waals surface area contributed by atoms with Crippen LogP contribution < -0.4 is 10.1 Å². The van der Waals surface area contributed by atoms with Crippen LogP contribution in [0.3, 0.4) is 0 Å². The van der Waals surface area contributed by atoms with Crippen molar-refractivity contribution in [2.45, 2.75) is 31.3 Å². The molecular formula is C15H24N2O. The molecule has 1 aliphatic heterocycles. The first-order valence-corrected chi connectivity index (χ1v) is 6.76. The Morgan fingerprint density at radius 2 is 2.06 bits per heavy atom. The van der Waals surface area contributed by atoms with Crippen LogP contribution in [0.25, 0.3) is 0 Å². The smallest absolute Gasteiger partial charge is 0.123 e. The fourth-order valence-corrected chi connectivity index (χ4v) is 2.91. The molecule has 0 aromatic heterocycles. The zero-order valence-electron chi connectivity index (χ0n) is 11.6. The van der Waals surface area contributed by atoms with E-state index in [2.05, 4.69) is 42.5 Å². The lowest BCUT2D eigenvalue weighted by Crippen LogP contribution is -2.44. The Morgan fingerprint density at radius 1 is 1.28 bits per heavy atom. The van der Waals surface area contributed by atoms with Crippen LogP contribution in [0, 0.1) is 0 Å². The van der Waals surface area contributed by atoms with E-state index in [-0.39, 0.29) is 0 Å². The summed E-state index contributed by atoms with van der Waals surface area (Å²) in [6.45, 7) is 1.13. The van der Waals surface area contributed by atoms with Crippen molar-refractivity contribution in [3.05, 3.63) is 29.8 Å². The largest absolute Gasteiger partial charge is 0.496 e. The van der Waals surface area contributed by atoms with Gasteiger partial charge in [-0.25, -0.2) is 0 Å². The monoisotopic (exact) mass is 248 g/mol. The third-order valence-corrected chi connectivity index (χ3v) is 3.74. The van der Waals surface area contributed by atoms with Gasteiger partial charge in [0.1, 0.15) is 5.75 Å². The van der Waals surface area contributed by atoms with E-state index in [4.69, 9.17) is 4.74 Å². The molecular weight excluding hydrogens is 224 g/mol. The molecule has 3 heteroatoms. The van der Waals surface area contributed by atoms with Crippen LogP contribution in [-0.4, -0.2) is 38.7 Å². The van der Waals surface area contributed by atoms with Crippen LogP contribution in [0.2, 0.25) is 0 Å². The minimum Gasteiger partial charge on any atom is -0.496 e. The topological polar surface area (TPSA) is 24.5 Å². The van der Waals surface area contributed by atoms with Crippen molar-refractivity contribution in [2.24, 2.45) is 0 Å². The molecule has 1 aromatic carbocycles. The van der Waals surface area contributed by atoms with E-state index < -0.39 is 0 Å². The number of methoxy groups -OCH3 is 1. The number of para-hydroxylation sites is 1. The highest BCUT2D eigenvalue weighted by atomic mass is 16.5. The molecule has 3 nitrogen and oxygen atoms in total. The first kappa shape index (κ1) is 13.4. The van der Waals surface area contributed by atoms with E-state index in [0.29, 0.717) is 12.1 Å². The van der Waals surface area contributed by atoms with Crippen molar-refractivity contribution in [2.75, 3.05) is 27.7 Å². The van der Waals surface area contributed by atoms with Crippen LogP contribution >= 0.6 is 0 Å². The van der Waals surface area contributed by atoms with Gasteiger partial charge in [-0.15, -0.1) is 0 Å². The molecule has 0 amide bonds. The van der Waals surface area contributed by atoms with E-state index in [1.54, 1.807) is 7.11 Å². The predicted octanol–water partition coefficient (Wildman–Crippen LogP) is 2.44. The summed E-state index contributed by atoms with van der Waals surface area (Å²) in [4.78, 5) is 2.29. The lowest BCUT2D eigenvalue weighted by atomic mass is 9.91. The lowest BCUT2D eigenvalue weighted by molar-refractivity contribution is 0.201. The minimum atomic E-state index is 0.376. The Labute approximate surface area is 110 Å². The summed E-state index contributed by atoms with van der Waals surface area (Å²) in [6, 6.07) is 9.25. The molecule has 2 unspecified atom stereocenters. The molecule has 1 aromatic rings. The molecule has 2 rings (SSSR count). The molecule has 0 spiro atoms. The van der Waals surface area contributed by atoms with Gasteiger partial charge in [0.25, 0.3) is 0 Å². The maximum absolute atomic E-state index is 5.51. The molecule has 1 heterocycles. The van der Waals surface area contributed by atoms with Gasteiger partial charge < -0.3 is 15.0 Å². The number of piperidine rings is 1. The average molecular weight is 248 g/mol. The molecule has 0 saturated carbocycles. The summed E-state index contributed by atoms with van der Waals surface area (Å²) in [6.07, 6.45) is 3.85. The highest BCUT2D eigenvalue weighted by molar-refractivity contribution is 5.36. The molecule has 2 atom stereocenters. The van der Waals surface area contributed by atoms with Gasteiger partial charge >= 0.3 is 0 Å². The van der Waals surface area contributed by atoms with Crippen LogP contribution in [0.4, 0.5) is 0 Å². The molecule has 0 bridgehead atoms. The maximum Gasteiger partial charge on any atom is 0.123 e. The molecule has 1 fully saturated rings. The minimum absolute atomic E-state index is 0.376. The van der Waals surface area contributed by atoms with Crippen LogP contribution in [0.15, 0.2) is 24.3 Å². The van der Waals surface area contributed by atoms with Crippen LogP contribution in [-0.2, 0) is 0 Å². The second-order valence-corrected chi connectivity index (χ2v) is 5.21. The van der Waals surface area contributed by atoms with Gasteiger partial charge in [0.05, 0.1) is 13.2 Å². The van der Waals surface area contributed by atoms with Gasteiger partial charge in [0, 0.05) is 11.6 Å². The van der Waals surface area contributed by atoms with Crippen molar-refractivity contribution < 1.29 is 4.74 Å². The third kappa shape index (κ3) is 2.85. The fourth-order valence-electron chi connectivity index (χ4n) is 2.91. The Morgan fingerprint density at radius 3 is 2.67 bits per heavy atom. The van der Waals surface area contributed by atoms with Crippen molar-refractivity contribution in [1.29, 1.82) is 0 Å². The summed E-state index contributed by atoms with van der Waals surface area (Å²) >= 11 is 0. The van der Waals surface area contributed by atoms with E-state index in [9.17, 15) is 0 Å². The summed E-state index contributed by atoms with van der Waals surface area (Å²) in [5.74, 6) is 0.989. The number of ether oxygens (including phenoxy) is 1. The summed E-state index contributed by atoms with van der Waals surface area (Å²) in [5, 5.41) is 3.65.